The van der Waals surface area contributed by atoms with E-state index in [2.05, 4.69) is 10.0 Å². The van der Waals surface area contributed by atoms with Gasteiger partial charge in [0, 0.05) is 25.3 Å². The predicted molar refractivity (Wildman–Crippen MR) is 82.1 cm³/mol. The first-order valence-corrected chi connectivity index (χ1v) is 9.29. The van der Waals surface area contributed by atoms with Gasteiger partial charge in [-0.2, -0.15) is 0 Å². The van der Waals surface area contributed by atoms with Crippen molar-refractivity contribution in [3.8, 4) is 0 Å². The Morgan fingerprint density at radius 1 is 1.14 bits per heavy atom. The Kier molecular flexibility index (Phi) is 5.34. The van der Waals surface area contributed by atoms with Gasteiger partial charge in [0.15, 0.2) is 0 Å². The molecule has 0 aromatic carbocycles. The van der Waals surface area contributed by atoms with Crippen molar-refractivity contribution in [1.29, 1.82) is 0 Å². The molecule has 1 heterocycles. The van der Waals surface area contributed by atoms with Gasteiger partial charge in [-0.1, -0.05) is 0 Å². The minimum atomic E-state index is -3.32. The molecule has 22 heavy (non-hydrogen) atoms. The number of alkyl carbamates (subject to hydrolysis) is 1. The molecule has 7 nitrogen and oxygen atoms in total. The number of nitrogens with one attached hydrogen (secondary N) is 2. The van der Waals surface area contributed by atoms with Gasteiger partial charge in [0.2, 0.25) is 10.0 Å². The van der Waals surface area contributed by atoms with E-state index in [0.29, 0.717) is 38.9 Å². The topological polar surface area (TPSA) is 93.7 Å². The van der Waals surface area contributed by atoms with Crippen molar-refractivity contribution < 1.29 is 22.7 Å². The first kappa shape index (κ1) is 17.5. The van der Waals surface area contributed by atoms with Crippen LogP contribution in [0.1, 0.15) is 46.5 Å². The van der Waals surface area contributed by atoms with Gasteiger partial charge in [-0.05, 0) is 46.5 Å². The van der Waals surface area contributed by atoms with E-state index in [0.717, 1.165) is 0 Å². The van der Waals surface area contributed by atoms with Crippen molar-refractivity contribution in [3.05, 3.63) is 0 Å². The second-order valence-electron chi connectivity index (χ2n) is 6.99. The number of hydrogen-bond donors (Lipinski definition) is 2. The number of rotatable bonds is 4. The second kappa shape index (κ2) is 6.72. The fraction of sp³-hybridized carbons (Fsp3) is 0.929. The van der Waals surface area contributed by atoms with Crippen LogP contribution in [0.3, 0.4) is 0 Å². The lowest BCUT2D eigenvalue weighted by atomic mass is 9.92. The maximum Gasteiger partial charge on any atom is 0.407 e. The number of carbonyl (C=O) groups excluding carboxylic acids is 1. The Labute approximate surface area is 132 Å². The fourth-order valence-corrected chi connectivity index (χ4v) is 4.42. The van der Waals surface area contributed by atoms with Gasteiger partial charge in [0.05, 0.1) is 5.25 Å². The molecular formula is C14H26N2O5S. The summed E-state index contributed by atoms with van der Waals surface area (Å²) in [5, 5.41) is 2.27. The Morgan fingerprint density at radius 2 is 1.73 bits per heavy atom. The molecular weight excluding hydrogens is 308 g/mol. The first-order chi connectivity index (χ1) is 10.2. The van der Waals surface area contributed by atoms with Crippen molar-refractivity contribution in [2.24, 2.45) is 0 Å². The fourth-order valence-electron chi connectivity index (χ4n) is 2.56. The van der Waals surface area contributed by atoms with Crippen molar-refractivity contribution in [2.45, 2.75) is 69.4 Å². The summed E-state index contributed by atoms with van der Waals surface area (Å²) in [5.41, 5.74) is -0.552. The van der Waals surface area contributed by atoms with E-state index in [1.54, 1.807) is 20.8 Å². The van der Waals surface area contributed by atoms with Crippen LogP contribution in [0.5, 0.6) is 0 Å². The van der Waals surface area contributed by atoms with Crippen LogP contribution in [0.15, 0.2) is 0 Å². The van der Waals surface area contributed by atoms with Crippen LogP contribution in [0, 0.1) is 0 Å². The van der Waals surface area contributed by atoms with Gasteiger partial charge in [-0.3, -0.25) is 0 Å². The molecule has 2 aliphatic rings. The van der Waals surface area contributed by atoms with Gasteiger partial charge in [0.1, 0.15) is 5.60 Å². The van der Waals surface area contributed by atoms with Gasteiger partial charge in [0.25, 0.3) is 0 Å². The largest absolute Gasteiger partial charge is 0.444 e. The molecule has 0 aromatic rings. The highest BCUT2D eigenvalue weighted by Crippen LogP contribution is 2.27. The van der Waals surface area contributed by atoms with Crippen molar-refractivity contribution in [2.75, 3.05) is 13.2 Å². The minimum Gasteiger partial charge on any atom is -0.444 e. The van der Waals surface area contributed by atoms with E-state index in [1.165, 1.54) is 0 Å². The lowest BCUT2D eigenvalue weighted by molar-refractivity contribution is 0.0480. The molecule has 8 heteroatoms. The zero-order valence-electron chi connectivity index (χ0n) is 13.4. The summed E-state index contributed by atoms with van der Waals surface area (Å²) in [7, 11) is -3.32. The SMILES string of the molecule is CC(C)(C)OC(=O)NC1CC(S(=O)(=O)NC2CCOCC2)C1. The number of hydrogen-bond acceptors (Lipinski definition) is 5. The summed E-state index contributed by atoms with van der Waals surface area (Å²) in [6.45, 7) is 6.57. The molecule has 1 amide bonds. The third-order valence-electron chi connectivity index (χ3n) is 3.81. The van der Waals surface area contributed by atoms with Crippen LogP contribution in [0.25, 0.3) is 0 Å². The molecule has 2 N–H and O–H groups in total. The molecule has 128 valence electrons. The van der Waals surface area contributed by atoms with Gasteiger partial charge < -0.3 is 14.8 Å². The van der Waals surface area contributed by atoms with Crippen molar-refractivity contribution in [3.63, 3.8) is 0 Å². The summed E-state index contributed by atoms with van der Waals surface area (Å²) in [4.78, 5) is 11.6. The zero-order valence-corrected chi connectivity index (χ0v) is 14.2. The lowest BCUT2D eigenvalue weighted by Crippen LogP contribution is -2.54. The number of ether oxygens (including phenoxy) is 2. The Morgan fingerprint density at radius 3 is 2.27 bits per heavy atom. The molecule has 0 unspecified atom stereocenters. The third-order valence-corrected chi connectivity index (χ3v) is 5.73. The molecule has 1 saturated heterocycles. The Hall–Kier alpha value is -0.860. The summed E-state index contributed by atoms with van der Waals surface area (Å²) in [5.74, 6) is 0. The lowest BCUT2D eigenvalue weighted by Gasteiger charge is -2.36. The van der Waals surface area contributed by atoms with E-state index >= 15 is 0 Å². The smallest absolute Gasteiger partial charge is 0.407 e. The summed E-state index contributed by atoms with van der Waals surface area (Å²) < 4.78 is 37.6. The molecule has 2 fully saturated rings. The summed E-state index contributed by atoms with van der Waals surface area (Å²) >= 11 is 0. The third kappa shape index (κ3) is 5.10. The van der Waals surface area contributed by atoms with Crippen LogP contribution < -0.4 is 10.0 Å². The van der Waals surface area contributed by atoms with Gasteiger partial charge >= 0.3 is 6.09 Å². The average Bonchev–Trinajstić information content (AvgIpc) is 2.31. The zero-order chi connectivity index (χ0) is 16.4. The maximum atomic E-state index is 12.2. The molecule has 1 aliphatic carbocycles. The van der Waals surface area contributed by atoms with E-state index in [4.69, 9.17) is 9.47 Å². The number of amides is 1. The second-order valence-corrected chi connectivity index (χ2v) is 8.98. The van der Waals surface area contributed by atoms with Crippen LogP contribution in [0.4, 0.5) is 4.79 Å². The molecule has 0 aromatic heterocycles. The number of carbonyl (C=O) groups is 1. The standard InChI is InChI=1S/C14H26N2O5S/c1-14(2,3)21-13(17)15-11-8-12(9-11)22(18,19)16-10-4-6-20-7-5-10/h10-12,16H,4-9H2,1-3H3,(H,15,17). The highest BCUT2D eigenvalue weighted by Gasteiger charge is 2.40. The average molecular weight is 334 g/mol. The summed E-state index contributed by atoms with van der Waals surface area (Å²) in [6, 6.07) is -0.164. The monoisotopic (exact) mass is 334 g/mol. The normalized spacial score (nSPS) is 27.0. The Bertz CT molecular complexity index is 488. The van der Waals surface area contributed by atoms with E-state index in [-0.39, 0.29) is 12.1 Å². The van der Waals surface area contributed by atoms with Gasteiger partial charge in [-0.25, -0.2) is 17.9 Å². The van der Waals surface area contributed by atoms with Crippen LogP contribution in [-0.2, 0) is 19.5 Å². The molecule has 2 rings (SSSR count). The molecule has 0 bridgehead atoms. The highest BCUT2D eigenvalue weighted by molar-refractivity contribution is 7.90. The molecule has 0 spiro atoms. The predicted octanol–water partition coefficient (Wildman–Crippen LogP) is 1.14. The number of sulfonamides is 1. The van der Waals surface area contributed by atoms with Gasteiger partial charge in [-0.15, -0.1) is 0 Å². The Balaban J connectivity index is 1.74. The van der Waals surface area contributed by atoms with E-state index in [9.17, 15) is 13.2 Å². The van der Waals surface area contributed by atoms with Crippen LogP contribution in [-0.4, -0.2) is 50.7 Å². The maximum absolute atomic E-state index is 12.2. The molecule has 1 saturated carbocycles. The minimum absolute atomic E-state index is 0.0309. The van der Waals surface area contributed by atoms with E-state index in [1.807, 2.05) is 0 Å². The molecule has 1 aliphatic heterocycles. The quantitative estimate of drug-likeness (QED) is 0.804. The first-order valence-electron chi connectivity index (χ1n) is 7.74. The van der Waals surface area contributed by atoms with Crippen molar-refractivity contribution in [1.82, 2.24) is 10.0 Å². The molecule has 0 atom stereocenters. The molecule has 0 radical (unpaired) electrons. The van der Waals surface area contributed by atoms with E-state index < -0.39 is 27.0 Å². The highest BCUT2D eigenvalue weighted by atomic mass is 32.2. The summed E-state index contributed by atoms with van der Waals surface area (Å²) in [6.07, 6.45) is 1.79. The van der Waals surface area contributed by atoms with Crippen LogP contribution in [0.2, 0.25) is 0 Å². The van der Waals surface area contributed by atoms with Crippen LogP contribution >= 0.6 is 0 Å². The van der Waals surface area contributed by atoms with Crippen molar-refractivity contribution >= 4 is 16.1 Å².